The van der Waals surface area contributed by atoms with E-state index < -0.39 is 8.56 Å². The van der Waals surface area contributed by atoms with E-state index in [4.69, 9.17) is 0 Å². The molecule has 0 N–H and O–H groups in total. The largest absolute Gasteiger partial charge is 0.305 e. The molecule has 78 valence electrons. The molecule has 0 aromatic carbocycles. The molecule has 0 unspecified atom stereocenters. The molecule has 0 aliphatic carbocycles. The van der Waals surface area contributed by atoms with Gasteiger partial charge >= 0.3 is 0 Å². The summed E-state index contributed by atoms with van der Waals surface area (Å²) in [6, 6.07) is 1.06. The van der Waals surface area contributed by atoms with Gasteiger partial charge in [0.05, 0.1) is 0 Å². The van der Waals surface area contributed by atoms with Gasteiger partial charge in [-0.25, -0.2) is 0 Å². The van der Waals surface area contributed by atoms with E-state index in [1.54, 1.807) is 0 Å². The predicted octanol–water partition coefficient (Wildman–Crippen LogP) is 0.796. The monoisotopic (exact) mass is 201 g/mol. The maximum atomic E-state index is 3.85. The normalized spacial score (nSPS) is 13.0. The van der Waals surface area contributed by atoms with Crippen molar-refractivity contribution in [2.24, 2.45) is 0 Å². The van der Waals surface area contributed by atoms with Gasteiger partial charge in [-0.2, -0.15) is 0 Å². The second-order valence-corrected chi connectivity index (χ2v) is 8.59. The van der Waals surface area contributed by atoms with Crippen LogP contribution in [0.15, 0.2) is 12.7 Å². The third kappa shape index (κ3) is 2.40. The van der Waals surface area contributed by atoms with Crippen molar-refractivity contribution in [1.29, 1.82) is 0 Å². The van der Waals surface area contributed by atoms with E-state index in [9.17, 15) is 0 Å². The Labute approximate surface area is 83.9 Å². The minimum Gasteiger partial charge on any atom is -0.305 e. The van der Waals surface area contributed by atoms with Crippen LogP contribution in [0.4, 0.5) is 0 Å². The molecule has 0 fully saturated rings. The lowest BCUT2D eigenvalue weighted by Crippen LogP contribution is -2.69. The molecule has 0 aliphatic rings. The molecule has 0 aliphatic heterocycles. The minimum absolute atomic E-state index is 1.06. The second kappa shape index (κ2) is 4.90. The van der Waals surface area contributed by atoms with E-state index in [2.05, 4.69) is 62.6 Å². The first-order valence-corrected chi connectivity index (χ1v) is 6.57. The van der Waals surface area contributed by atoms with Gasteiger partial charge in [-0.15, -0.1) is 6.58 Å². The Kier molecular flexibility index (Phi) is 4.84. The minimum atomic E-state index is -1.65. The Morgan fingerprint density at radius 2 is 1.23 bits per heavy atom. The fourth-order valence-corrected chi connectivity index (χ4v) is 5.82. The van der Waals surface area contributed by atoms with Crippen molar-refractivity contribution in [2.45, 2.75) is 6.04 Å². The van der Waals surface area contributed by atoms with Crippen molar-refractivity contribution in [3.8, 4) is 0 Å². The highest BCUT2D eigenvalue weighted by molar-refractivity contribution is 6.71. The summed E-state index contributed by atoms with van der Waals surface area (Å²) in [5.74, 6) is 0. The molecule has 0 radical (unpaired) electrons. The third-order valence-corrected chi connectivity index (χ3v) is 7.70. The lowest BCUT2D eigenvalue weighted by molar-refractivity contribution is 0.381. The quantitative estimate of drug-likeness (QED) is 0.481. The number of rotatable bonds is 5. The van der Waals surface area contributed by atoms with Gasteiger partial charge in [-0.1, -0.05) is 6.08 Å². The molecule has 0 aromatic rings. The molecule has 0 saturated carbocycles. The van der Waals surface area contributed by atoms with Crippen LogP contribution in [-0.2, 0) is 0 Å². The molecule has 0 rings (SSSR count). The Morgan fingerprint density at radius 1 is 0.923 bits per heavy atom. The molecular formula is C9H23N3Si. The first kappa shape index (κ1) is 12.8. The van der Waals surface area contributed by atoms with E-state index in [0.29, 0.717) is 0 Å². The number of hydrogen-bond acceptors (Lipinski definition) is 3. The van der Waals surface area contributed by atoms with E-state index in [-0.39, 0.29) is 0 Å². The van der Waals surface area contributed by atoms with Crippen LogP contribution in [0.1, 0.15) is 0 Å². The van der Waals surface area contributed by atoms with Crippen LogP contribution in [0.5, 0.6) is 0 Å². The Balaban J connectivity index is 4.92. The summed E-state index contributed by atoms with van der Waals surface area (Å²) in [5, 5.41) is 0. The van der Waals surface area contributed by atoms with Crippen LogP contribution in [-0.4, -0.2) is 64.5 Å². The van der Waals surface area contributed by atoms with Crippen molar-refractivity contribution in [3.05, 3.63) is 12.7 Å². The van der Waals surface area contributed by atoms with Crippen molar-refractivity contribution in [1.82, 2.24) is 13.7 Å². The summed E-state index contributed by atoms with van der Waals surface area (Å²) in [6.45, 7) is 3.85. The maximum absolute atomic E-state index is 3.85. The van der Waals surface area contributed by atoms with Gasteiger partial charge in [0.2, 0.25) is 0 Å². The first-order valence-electron chi connectivity index (χ1n) is 4.52. The van der Waals surface area contributed by atoms with Crippen molar-refractivity contribution in [2.75, 3.05) is 42.3 Å². The van der Waals surface area contributed by atoms with Gasteiger partial charge < -0.3 is 13.7 Å². The number of allylic oxidation sites excluding steroid dienone is 1. The van der Waals surface area contributed by atoms with Crippen LogP contribution in [0.2, 0.25) is 6.04 Å². The molecular weight excluding hydrogens is 178 g/mol. The molecule has 0 aromatic heterocycles. The lowest BCUT2D eigenvalue weighted by atomic mass is 10.8. The lowest BCUT2D eigenvalue weighted by Gasteiger charge is -2.46. The first-order chi connectivity index (χ1) is 5.89. The molecule has 0 heterocycles. The summed E-state index contributed by atoms with van der Waals surface area (Å²) < 4.78 is 7.03. The SMILES string of the molecule is C=CC[Si](N(C)C)(N(C)C)N(C)C. The van der Waals surface area contributed by atoms with Gasteiger partial charge in [0, 0.05) is 6.04 Å². The fraction of sp³-hybridized carbons (Fsp3) is 0.778. The zero-order valence-electron chi connectivity index (χ0n) is 9.83. The molecule has 0 bridgehead atoms. The smallest absolute Gasteiger partial charge is 0.292 e. The molecule has 0 atom stereocenters. The van der Waals surface area contributed by atoms with Crippen LogP contribution in [0.25, 0.3) is 0 Å². The topological polar surface area (TPSA) is 9.72 Å². The van der Waals surface area contributed by atoms with E-state index in [0.717, 1.165) is 6.04 Å². The van der Waals surface area contributed by atoms with Crippen LogP contribution < -0.4 is 0 Å². The molecule has 13 heavy (non-hydrogen) atoms. The fourth-order valence-electron chi connectivity index (χ4n) is 1.94. The summed E-state index contributed by atoms with van der Waals surface area (Å²) in [4.78, 5) is 0. The maximum Gasteiger partial charge on any atom is 0.292 e. The van der Waals surface area contributed by atoms with E-state index in [1.807, 2.05) is 6.08 Å². The summed E-state index contributed by atoms with van der Waals surface area (Å²) in [6.07, 6.45) is 2.02. The van der Waals surface area contributed by atoms with Crippen LogP contribution in [0, 0.1) is 0 Å². The van der Waals surface area contributed by atoms with Gasteiger partial charge in [0.1, 0.15) is 0 Å². The van der Waals surface area contributed by atoms with Gasteiger partial charge in [-0.05, 0) is 42.3 Å². The Hall–Kier alpha value is -0.163. The third-order valence-electron chi connectivity index (χ3n) is 2.57. The van der Waals surface area contributed by atoms with Crippen molar-refractivity contribution < 1.29 is 0 Å². The van der Waals surface area contributed by atoms with Crippen LogP contribution >= 0.6 is 0 Å². The van der Waals surface area contributed by atoms with E-state index >= 15 is 0 Å². The molecule has 4 heteroatoms. The summed E-state index contributed by atoms with van der Waals surface area (Å²) in [7, 11) is 11.2. The highest BCUT2D eigenvalue weighted by Crippen LogP contribution is 2.17. The van der Waals surface area contributed by atoms with Crippen molar-refractivity contribution >= 4 is 8.56 Å². The van der Waals surface area contributed by atoms with Gasteiger partial charge in [0.25, 0.3) is 8.56 Å². The highest BCUT2D eigenvalue weighted by Gasteiger charge is 2.41. The van der Waals surface area contributed by atoms with Gasteiger partial charge in [0.15, 0.2) is 0 Å². The van der Waals surface area contributed by atoms with Gasteiger partial charge in [-0.3, -0.25) is 0 Å². The summed E-state index contributed by atoms with van der Waals surface area (Å²) in [5.41, 5.74) is 0. The van der Waals surface area contributed by atoms with Crippen molar-refractivity contribution in [3.63, 3.8) is 0 Å². The number of hydrogen-bond donors (Lipinski definition) is 0. The standard InChI is InChI=1S/C9H23N3Si/c1-8-9-13(10(2)3,11(4)5)12(6)7/h8H,1,9H2,2-7H3. The Bertz CT molecular complexity index is 144. The second-order valence-electron chi connectivity index (χ2n) is 3.95. The van der Waals surface area contributed by atoms with E-state index in [1.165, 1.54) is 0 Å². The highest BCUT2D eigenvalue weighted by atomic mass is 28.4. The number of nitrogens with zero attached hydrogens (tertiary/aromatic N) is 3. The Morgan fingerprint density at radius 3 is 1.31 bits per heavy atom. The average Bonchev–Trinajstić information content (AvgIpc) is 1.97. The molecule has 3 nitrogen and oxygen atoms in total. The van der Waals surface area contributed by atoms with Crippen LogP contribution in [0.3, 0.4) is 0 Å². The average molecular weight is 201 g/mol. The molecule has 0 spiro atoms. The zero-order chi connectivity index (χ0) is 10.6. The predicted molar refractivity (Wildman–Crippen MR) is 61.8 cm³/mol. The zero-order valence-corrected chi connectivity index (χ0v) is 10.8. The summed E-state index contributed by atoms with van der Waals surface area (Å²) >= 11 is 0. The molecule has 0 saturated heterocycles. The molecule has 0 amide bonds.